The first-order chi connectivity index (χ1) is 9.10. The Morgan fingerprint density at radius 1 is 1.26 bits per heavy atom. The van der Waals surface area contributed by atoms with Gasteiger partial charge in [0.25, 0.3) is 11.5 Å². The van der Waals surface area contributed by atoms with E-state index in [4.69, 9.17) is 0 Å². The smallest absolute Gasteiger partial charge is 0.255 e. The van der Waals surface area contributed by atoms with Crippen LogP contribution in [0.25, 0.3) is 0 Å². The standard InChI is InChI=1S/C14H12N2O3/c1-16-6-5-11(8-13(16)18)14(19)15-12-4-2-3-10(7-12)9-17/h2-9H,1H3,(H,15,19). The van der Waals surface area contributed by atoms with Gasteiger partial charge in [0, 0.05) is 36.1 Å². The monoisotopic (exact) mass is 256 g/mol. The van der Waals surface area contributed by atoms with Crippen LogP contribution in [-0.2, 0) is 7.05 Å². The average Bonchev–Trinajstić information content (AvgIpc) is 2.42. The van der Waals surface area contributed by atoms with Gasteiger partial charge in [-0.25, -0.2) is 0 Å². The van der Waals surface area contributed by atoms with Gasteiger partial charge in [-0.05, 0) is 18.2 Å². The summed E-state index contributed by atoms with van der Waals surface area (Å²) in [5.41, 5.74) is 1.01. The predicted molar refractivity (Wildman–Crippen MR) is 71.5 cm³/mol. The number of aryl methyl sites for hydroxylation is 1. The van der Waals surface area contributed by atoms with E-state index < -0.39 is 0 Å². The largest absolute Gasteiger partial charge is 0.322 e. The van der Waals surface area contributed by atoms with Crippen LogP contribution >= 0.6 is 0 Å². The maximum Gasteiger partial charge on any atom is 0.255 e. The highest BCUT2D eigenvalue weighted by Crippen LogP contribution is 2.10. The minimum atomic E-state index is -0.388. The van der Waals surface area contributed by atoms with Crippen LogP contribution in [0.15, 0.2) is 47.4 Å². The van der Waals surface area contributed by atoms with Crippen LogP contribution in [-0.4, -0.2) is 16.8 Å². The summed E-state index contributed by atoms with van der Waals surface area (Å²) in [6.45, 7) is 0. The highest BCUT2D eigenvalue weighted by atomic mass is 16.2. The number of nitrogens with zero attached hydrogens (tertiary/aromatic N) is 1. The van der Waals surface area contributed by atoms with Crippen molar-refractivity contribution in [3.63, 3.8) is 0 Å². The summed E-state index contributed by atoms with van der Waals surface area (Å²) >= 11 is 0. The Labute approximate surface area is 109 Å². The topological polar surface area (TPSA) is 68.2 Å². The molecule has 0 unspecified atom stereocenters. The summed E-state index contributed by atoms with van der Waals surface area (Å²) in [6.07, 6.45) is 2.23. The molecule has 5 heteroatoms. The molecule has 1 aromatic heterocycles. The number of anilines is 1. The molecule has 0 bridgehead atoms. The molecule has 0 fully saturated rings. The Morgan fingerprint density at radius 2 is 2.05 bits per heavy atom. The van der Waals surface area contributed by atoms with Crippen LogP contribution < -0.4 is 10.9 Å². The highest BCUT2D eigenvalue weighted by molar-refractivity contribution is 6.04. The maximum atomic E-state index is 11.9. The fourth-order valence-electron chi connectivity index (χ4n) is 1.58. The van der Waals surface area contributed by atoms with Crippen LogP contribution in [0.4, 0.5) is 5.69 Å². The summed E-state index contributed by atoms with van der Waals surface area (Å²) < 4.78 is 1.38. The average molecular weight is 256 g/mol. The van der Waals surface area contributed by atoms with E-state index in [2.05, 4.69) is 5.32 Å². The molecule has 0 aliphatic carbocycles. The Balaban J connectivity index is 2.22. The Morgan fingerprint density at radius 3 is 2.74 bits per heavy atom. The van der Waals surface area contributed by atoms with Gasteiger partial charge in [-0.1, -0.05) is 12.1 Å². The minimum Gasteiger partial charge on any atom is -0.322 e. The minimum absolute atomic E-state index is 0.255. The number of benzene rings is 1. The number of amides is 1. The van der Waals surface area contributed by atoms with Crippen molar-refractivity contribution in [2.24, 2.45) is 7.05 Å². The molecule has 96 valence electrons. The number of rotatable bonds is 3. The van der Waals surface area contributed by atoms with E-state index in [-0.39, 0.29) is 17.0 Å². The first-order valence-electron chi connectivity index (χ1n) is 5.63. The zero-order valence-electron chi connectivity index (χ0n) is 10.3. The van der Waals surface area contributed by atoms with Crippen molar-refractivity contribution < 1.29 is 9.59 Å². The zero-order chi connectivity index (χ0) is 13.8. The molecule has 0 aliphatic rings. The third-order valence-electron chi connectivity index (χ3n) is 2.65. The molecule has 1 N–H and O–H groups in total. The highest BCUT2D eigenvalue weighted by Gasteiger charge is 2.07. The van der Waals surface area contributed by atoms with E-state index in [0.717, 1.165) is 0 Å². The van der Waals surface area contributed by atoms with Crippen LogP contribution in [0.1, 0.15) is 20.7 Å². The van der Waals surface area contributed by atoms with Crippen LogP contribution in [0.5, 0.6) is 0 Å². The fourth-order valence-corrected chi connectivity index (χ4v) is 1.58. The molecule has 0 radical (unpaired) electrons. The van der Waals surface area contributed by atoms with Crippen molar-refractivity contribution >= 4 is 17.9 Å². The number of aldehydes is 1. The first kappa shape index (κ1) is 12.8. The molecule has 0 spiro atoms. The predicted octanol–water partition coefficient (Wildman–Crippen LogP) is 1.45. The number of hydrogen-bond acceptors (Lipinski definition) is 3. The number of hydrogen-bond donors (Lipinski definition) is 1. The summed E-state index contributed by atoms with van der Waals surface area (Å²) in [4.78, 5) is 34.0. The SMILES string of the molecule is Cn1ccc(C(=O)Nc2cccc(C=O)c2)cc1=O. The van der Waals surface area contributed by atoms with Gasteiger partial charge in [0.2, 0.25) is 0 Å². The van der Waals surface area contributed by atoms with Crippen molar-refractivity contribution in [1.29, 1.82) is 0 Å². The second kappa shape index (κ2) is 5.30. The molecular weight excluding hydrogens is 244 g/mol. The van der Waals surface area contributed by atoms with Crippen LogP contribution in [0.3, 0.4) is 0 Å². The van der Waals surface area contributed by atoms with Crippen molar-refractivity contribution in [2.75, 3.05) is 5.32 Å². The quantitative estimate of drug-likeness (QED) is 0.845. The van der Waals surface area contributed by atoms with E-state index >= 15 is 0 Å². The molecule has 0 saturated heterocycles. The molecule has 0 saturated carbocycles. The summed E-state index contributed by atoms with van der Waals surface area (Å²) in [7, 11) is 1.61. The third-order valence-corrected chi connectivity index (χ3v) is 2.65. The van der Waals surface area contributed by atoms with Gasteiger partial charge in [0.05, 0.1) is 0 Å². The summed E-state index contributed by atoms with van der Waals surface area (Å²) in [5.74, 6) is -0.388. The molecule has 1 aromatic carbocycles. The van der Waals surface area contributed by atoms with Gasteiger partial charge in [-0.2, -0.15) is 0 Å². The zero-order valence-corrected chi connectivity index (χ0v) is 10.3. The van der Waals surface area contributed by atoms with E-state index in [0.29, 0.717) is 17.5 Å². The number of carbonyl (C=O) groups is 2. The molecule has 1 heterocycles. The lowest BCUT2D eigenvalue weighted by Crippen LogP contribution is -2.20. The van der Waals surface area contributed by atoms with E-state index in [1.54, 1.807) is 37.4 Å². The molecule has 1 amide bonds. The number of pyridine rings is 1. The van der Waals surface area contributed by atoms with E-state index in [1.807, 2.05) is 0 Å². The second-order valence-corrected chi connectivity index (χ2v) is 4.06. The van der Waals surface area contributed by atoms with Crippen molar-refractivity contribution in [3.8, 4) is 0 Å². The first-order valence-corrected chi connectivity index (χ1v) is 5.63. The number of nitrogens with one attached hydrogen (secondary N) is 1. The third kappa shape index (κ3) is 2.95. The summed E-state index contributed by atoms with van der Waals surface area (Å²) in [6, 6.07) is 9.36. The second-order valence-electron chi connectivity index (χ2n) is 4.06. The van der Waals surface area contributed by atoms with Gasteiger partial charge < -0.3 is 9.88 Å². The lowest BCUT2D eigenvalue weighted by atomic mass is 10.2. The van der Waals surface area contributed by atoms with Crippen molar-refractivity contribution in [3.05, 3.63) is 64.1 Å². The van der Waals surface area contributed by atoms with Crippen LogP contribution in [0.2, 0.25) is 0 Å². The van der Waals surface area contributed by atoms with Crippen molar-refractivity contribution in [1.82, 2.24) is 4.57 Å². The summed E-state index contributed by atoms with van der Waals surface area (Å²) in [5, 5.41) is 2.63. The molecule has 5 nitrogen and oxygen atoms in total. The van der Waals surface area contributed by atoms with Gasteiger partial charge in [-0.3, -0.25) is 14.4 Å². The van der Waals surface area contributed by atoms with E-state index in [1.165, 1.54) is 16.8 Å². The Bertz CT molecular complexity index is 689. The number of carbonyl (C=O) groups excluding carboxylic acids is 2. The van der Waals surface area contributed by atoms with Gasteiger partial charge in [0.1, 0.15) is 6.29 Å². The Kier molecular flexibility index (Phi) is 3.56. The molecule has 2 aromatic rings. The molecule has 0 atom stereocenters. The van der Waals surface area contributed by atoms with Gasteiger partial charge in [0.15, 0.2) is 0 Å². The molecule has 2 rings (SSSR count). The lowest BCUT2D eigenvalue weighted by molar-refractivity contribution is 0.102. The van der Waals surface area contributed by atoms with Gasteiger partial charge >= 0.3 is 0 Å². The molecule has 19 heavy (non-hydrogen) atoms. The number of aromatic nitrogens is 1. The Hall–Kier alpha value is -2.69. The maximum absolute atomic E-state index is 11.9. The lowest BCUT2D eigenvalue weighted by Gasteiger charge is -2.06. The fraction of sp³-hybridized carbons (Fsp3) is 0.0714. The molecule has 0 aliphatic heterocycles. The van der Waals surface area contributed by atoms with E-state index in [9.17, 15) is 14.4 Å². The van der Waals surface area contributed by atoms with Crippen molar-refractivity contribution in [2.45, 2.75) is 0 Å². The normalized spacial score (nSPS) is 9.95. The van der Waals surface area contributed by atoms with Crippen LogP contribution in [0, 0.1) is 0 Å². The molecular formula is C14H12N2O3. The van der Waals surface area contributed by atoms with Gasteiger partial charge in [-0.15, -0.1) is 0 Å².